The highest BCUT2D eigenvalue weighted by Crippen LogP contribution is 2.51. The van der Waals surface area contributed by atoms with Crippen molar-refractivity contribution in [1.29, 1.82) is 0 Å². The SMILES string of the molecule is CC1COc2ccc(C3(C(=O)Nc4ccc5c(c4)CC(C(C)(C)C)N5)CC3)cc21. The molecule has 2 aromatic carbocycles. The van der Waals surface area contributed by atoms with Gasteiger partial charge in [-0.15, -0.1) is 0 Å². The molecule has 2 N–H and O–H groups in total. The topological polar surface area (TPSA) is 50.4 Å². The fourth-order valence-electron chi connectivity index (χ4n) is 4.65. The van der Waals surface area contributed by atoms with Crippen LogP contribution in [0.1, 0.15) is 63.1 Å². The number of fused-ring (bicyclic) bond motifs is 2. The Labute approximate surface area is 173 Å². The first kappa shape index (κ1) is 18.5. The average molecular weight is 391 g/mol. The number of hydrogen-bond acceptors (Lipinski definition) is 3. The fourth-order valence-corrected chi connectivity index (χ4v) is 4.65. The Morgan fingerprint density at radius 3 is 2.69 bits per heavy atom. The predicted octanol–water partition coefficient (Wildman–Crippen LogP) is 5.24. The Kier molecular flexibility index (Phi) is 4.00. The Hall–Kier alpha value is -2.49. The molecule has 1 saturated carbocycles. The molecule has 2 aromatic rings. The number of rotatable bonds is 3. The molecule has 152 valence electrons. The van der Waals surface area contributed by atoms with Gasteiger partial charge in [0.2, 0.25) is 5.91 Å². The largest absolute Gasteiger partial charge is 0.493 e. The van der Waals surface area contributed by atoms with E-state index in [0.29, 0.717) is 12.0 Å². The second kappa shape index (κ2) is 6.25. The molecule has 3 aliphatic rings. The van der Waals surface area contributed by atoms with Crippen LogP contribution in [-0.4, -0.2) is 18.6 Å². The van der Waals surface area contributed by atoms with Crippen LogP contribution in [0.15, 0.2) is 36.4 Å². The molecule has 29 heavy (non-hydrogen) atoms. The molecule has 0 radical (unpaired) electrons. The summed E-state index contributed by atoms with van der Waals surface area (Å²) >= 11 is 0. The number of carbonyl (C=O) groups is 1. The lowest BCUT2D eigenvalue weighted by Crippen LogP contribution is -2.31. The van der Waals surface area contributed by atoms with Crippen molar-refractivity contribution in [2.45, 2.75) is 64.3 Å². The van der Waals surface area contributed by atoms with Gasteiger partial charge in [-0.1, -0.05) is 39.8 Å². The summed E-state index contributed by atoms with van der Waals surface area (Å²) in [7, 11) is 0. The molecular formula is C25H30N2O2. The van der Waals surface area contributed by atoms with E-state index < -0.39 is 0 Å². The molecule has 2 aliphatic heterocycles. The van der Waals surface area contributed by atoms with Crippen molar-refractivity contribution in [3.63, 3.8) is 0 Å². The van der Waals surface area contributed by atoms with E-state index in [1.54, 1.807) is 0 Å². The van der Waals surface area contributed by atoms with Gasteiger partial charge in [0.05, 0.1) is 12.0 Å². The van der Waals surface area contributed by atoms with Crippen LogP contribution in [-0.2, 0) is 16.6 Å². The van der Waals surface area contributed by atoms with Gasteiger partial charge in [0.1, 0.15) is 5.75 Å². The van der Waals surface area contributed by atoms with Gasteiger partial charge in [-0.25, -0.2) is 0 Å². The van der Waals surface area contributed by atoms with Gasteiger partial charge in [0.25, 0.3) is 0 Å². The van der Waals surface area contributed by atoms with Gasteiger partial charge in [-0.05, 0) is 60.1 Å². The first-order valence-corrected chi connectivity index (χ1v) is 10.7. The number of anilines is 2. The van der Waals surface area contributed by atoms with E-state index in [4.69, 9.17) is 4.74 Å². The monoisotopic (exact) mass is 390 g/mol. The summed E-state index contributed by atoms with van der Waals surface area (Å²) < 4.78 is 5.72. The molecule has 1 fully saturated rings. The van der Waals surface area contributed by atoms with Crippen molar-refractivity contribution in [2.24, 2.45) is 5.41 Å². The molecule has 5 rings (SSSR count). The smallest absolute Gasteiger partial charge is 0.235 e. The molecule has 2 heterocycles. The van der Waals surface area contributed by atoms with Gasteiger partial charge < -0.3 is 15.4 Å². The Balaban J connectivity index is 1.35. The normalized spacial score (nSPS) is 23.6. The van der Waals surface area contributed by atoms with Crippen LogP contribution in [0.2, 0.25) is 0 Å². The highest BCUT2D eigenvalue weighted by molar-refractivity contribution is 6.01. The van der Waals surface area contributed by atoms with Crippen LogP contribution < -0.4 is 15.4 Å². The lowest BCUT2D eigenvalue weighted by Gasteiger charge is -2.27. The minimum Gasteiger partial charge on any atom is -0.493 e. The third-order valence-electron chi connectivity index (χ3n) is 6.93. The first-order chi connectivity index (χ1) is 13.8. The van der Waals surface area contributed by atoms with Crippen molar-refractivity contribution in [1.82, 2.24) is 0 Å². The third kappa shape index (κ3) is 3.09. The summed E-state index contributed by atoms with van der Waals surface area (Å²) in [6.07, 6.45) is 2.81. The van der Waals surface area contributed by atoms with E-state index in [1.807, 2.05) is 12.1 Å². The van der Waals surface area contributed by atoms with Crippen LogP contribution in [0.4, 0.5) is 11.4 Å². The highest BCUT2D eigenvalue weighted by atomic mass is 16.5. The number of nitrogens with one attached hydrogen (secondary N) is 2. The number of carbonyl (C=O) groups excluding carboxylic acids is 1. The van der Waals surface area contributed by atoms with E-state index >= 15 is 0 Å². The molecule has 1 aliphatic carbocycles. The van der Waals surface area contributed by atoms with Gasteiger partial charge in [0, 0.05) is 28.9 Å². The van der Waals surface area contributed by atoms with Gasteiger partial charge >= 0.3 is 0 Å². The molecule has 0 spiro atoms. The zero-order chi connectivity index (χ0) is 20.4. The quantitative estimate of drug-likeness (QED) is 0.754. The van der Waals surface area contributed by atoms with Crippen molar-refractivity contribution in [2.75, 3.05) is 17.2 Å². The number of benzene rings is 2. The summed E-state index contributed by atoms with van der Waals surface area (Å²) in [5, 5.41) is 6.83. The highest BCUT2D eigenvalue weighted by Gasteiger charge is 2.51. The summed E-state index contributed by atoms with van der Waals surface area (Å²) in [5.41, 5.74) is 5.56. The maximum Gasteiger partial charge on any atom is 0.235 e. The molecule has 4 nitrogen and oxygen atoms in total. The van der Waals surface area contributed by atoms with Crippen molar-refractivity contribution in [3.8, 4) is 5.75 Å². The van der Waals surface area contributed by atoms with E-state index in [1.165, 1.54) is 16.8 Å². The van der Waals surface area contributed by atoms with Crippen LogP contribution >= 0.6 is 0 Å². The predicted molar refractivity (Wildman–Crippen MR) is 117 cm³/mol. The molecule has 2 unspecified atom stereocenters. The molecule has 4 heteroatoms. The van der Waals surface area contributed by atoms with E-state index in [-0.39, 0.29) is 16.7 Å². The Morgan fingerprint density at radius 2 is 1.97 bits per heavy atom. The maximum absolute atomic E-state index is 13.2. The van der Waals surface area contributed by atoms with E-state index in [2.05, 4.69) is 62.6 Å². The average Bonchev–Trinajstić information content (AvgIpc) is 3.25. The fraction of sp³-hybridized carbons (Fsp3) is 0.480. The van der Waals surface area contributed by atoms with Crippen LogP contribution in [0.5, 0.6) is 5.75 Å². The van der Waals surface area contributed by atoms with Crippen LogP contribution in [0.3, 0.4) is 0 Å². The Bertz CT molecular complexity index is 985. The van der Waals surface area contributed by atoms with Gasteiger partial charge in [-0.3, -0.25) is 4.79 Å². The van der Waals surface area contributed by atoms with E-state index in [9.17, 15) is 4.79 Å². The van der Waals surface area contributed by atoms with Crippen molar-refractivity contribution < 1.29 is 9.53 Å². The number of hydrogen-bond donors (Lipinski definition) is 2. The first-order valence-electron chi connectivity index (χ1n) is 10.7. The zero-order valence-electron chi connectivity index (χ0n) is 17.8. The lowest BCUT2D eigenvalue weighted by atomic mass is 9.85. The summed E-state index contributed by atoms with van der Waals surface area (Å²) in [5.74, 6) is 1.48. The molecule has 0 saturated heterocycles. The van der Waals surface area contributed by atoms with Crippen LogP contribution in [0, 0.1) is 5.41 Å². The van der Waals surface area contributed by atoms with Crippen molar-refractivity contribution in [3.05, 3.63) is 53.1 Å². The molecule has 2 atom stereocenters. The Morgan fingerprint density at radius 1 is 1.17 bits per heavy atom. The second-order valence-corrected chi connectivity index (χ2v) is 10.1. The number of amides is 1. The summed E-state index contributed by atoms with van der Waals surface area (Å²) in [4.78, 5) is 13.2. The summed E-state index contributed by atoms with van der Waals surface area (Å²) in [6.45, 7) is 9.70. The molecular weight excluding hydrogens is 360 g/mol. The zero-order valence-corrected chi connectivity index (χ0v) is 17.8. The third-order valence-corrected chi connectivity index (χ3v) is 6.93. The minimum absolute atomic E-state index is 0.113. The standard InChI is InChI=1S/C25H30N2O2/c1-15-14-29-21-8-5-17(13-19(15)21)25(9-10-25)23(28)26-18-6-7-20-16(11-18)12-22(27-20)24(2,3)4/h5-8,11,13,15,22,27H,9-10,12,14H2,1-4H3,(H,26,28). The van der Waals surface area contributed by atoms with Gasteiger partial charge in [0.15, 0.2) is 0 Å². The molecule has 0 bridgehead atoms. The minimum atomic E-state index is -0.386. The van der Waals surface area contributed by atoms with Crippen LogP contribution in [0.25, 0.3) is 0 Å². The molecule has 0 aromatic heterocycles. The summed E-state index contributed by atoms with van der Waals surface area (Å²) in [6, 6.07) is 13.0. The second-order valence-electron chi connectivity index (χ2n) is 10.1. The molecule has 1 amide bonds. The van der Waals surface area contributed by atoms with E-state index in [0.717, 1.165) is 42.9 Å². The maximum atomic E-state index is 13.2. The van der Waals surface area contributed by atoms with Crippen molar-refractivity contribution >= 4 is 17.3 Å². The lowest BCUT2D eigenvalue weighted by molar-refractivity contribution is -0.118. The number of ether oxygens (including phenoxy) is 1. The van der Waals surface area contributed by atoms with Gasteiger partial charge in [-0.2, -0.15) is 0 Å².